The molecule has 1 fully saturated rings. The van der Waals surface area contributed by atoms with E-state index in [-0.39, 0.29) is 11.6 Å². The summed E-state index contributed by atoms with van der Waals surface area (Å²) in [7, 11) is 1.77. The monoisotopic (exact) mass is 269 g/mol. The van der Waals surface area contributed by atoms with E-state index in [2.05, 4.69) is 4.98 Å². The molecule has 6 nitrogen and oxygen atoms in total. The first-order valence-electron chi connectivity index (χ1n) is 5.56. The van der Waals surface area contributed by atoms with Crippen LogP contribution in [-0.4, -0.2) is 52.5 Å². The zero-order valence-electron chi connectivity index (χ0n) is 10.5. The average molecular weight is 269 g/mol. The number of aromatic nitrogens is 1. The van der Waals surface area contributed by atoms with E-state index in [1.807, 2.05) is 18.7 Å². The van der Waals surface area contributed by atoms with Crippen LogP contribution in [0.15, 0.2) is 5.38 Å². The van der Waals surface area contributed by atoms with Crippen molar-refractivity contribution >= 4 is 28.3 Å². The standard InChI is InChI=1S/C11H15N3O3S/c1-11(2)9(17)13(3)4-5-14(11)10-12-7(6-18-10)8(15)16/h6H,4-5H2,1-3H3,(H,15,16). The van der Waals surface area contributed by atoms with Crippen molar-refractivity contribution in [3.63, 3.8) is 0 Å². The van der Waals surface area contributed by atoms with Gasteiger partial charge in [0, 0.05) is 25.5 Å². The highest BCUT2D eigenvalue weighted by atomic mass is 32.1. The van der Waals surface area contributed by atoms with Crippen molar-refractivity contribution in [2.24, 2.45) is 0 Å². The minimum Gasteiger partial charge on any atom is -0.476 e. The molecule has 1 aromatic rings. The van der Waals surface area contributed by atoms with Crippen molar-refractivity contribution in [3.05, 3.63) is 11.1 Å². The number of piperazine rings is 1. The molecule has 0 atom stereocenters. The van der Waals surface area contributed by atoms with Crippen LogP contribution in [0.5, 0.6) is 0 Å². The molecule has 0 saturated carbocycles. The highest BCUT2D eigenvalue weighted by Gasteiger charge is 2.41. The van der Waals surface area contributed by atoms with E-state index in [0.717, 1.165) is 0 Å². The molecule has 98 valence electrons. The predicted octanol–water partition coefficient (Wildman–Crippen LogP) is 0.898. The number of likely N-dealkylation sites (N-methyl/N-ethyl adjacent to an activating group) is 1. The molecule has 1 amide bonds. The second-order valence-corrected chi connectivity index (χ2v) is 5.59. The van der Waals surface area contributed by atoms with Crippen LogP contribution in [0.1, 0.15) is 24.3 Å². The van der Waals surface area contributed by atoms with E-state index in [1.54, 1.807) is 11.9 Å². The number of nitrogens with zero attached hydrogens (tertiary/aromatic N) is 3. The van der Waals surface area contributed by atoms with Gasteiger partial charge < -0.3 is 14.9 Å². The van der Waals surface area contributed by atoms with Gasteiger partial charge in [-0.05, 0) is 13.8 Å². The summed E-state index contributed by atoms with van der Waals surface area (Å²) in [6.07, 6.45) is 0. The van der Waals surface area contributed by atoms with Gasteiger partial charge in [0.2, 0.25) is 5.91 Å². The zero-order valence-corrected chi connectivity index (χ0v) is 11.3. The van der Waals surface area contributed by atoms with Crippen LogP contribution < -0.4 is 4.90 Å². The SMILES string of the molecule is CN1CCN(c2nc(C(=O)O)cs2)C(C)(C)C1=O. The summed E-state index contributed by atoms with van der Waals surface area (Å²) in [6, 6.07) is 0. The van der Waals surface area contributed by atoms with Crippen LogP contribution in [0.25, 0.3) is 0 Å². The number of thiazole rings is 1. The zero-order chi connectivity index (χ0) is 13.5. The smallest absolute Gasteiger partial charge is 0.355 e. The Hall–Kier alpha value is -1.63. The molecular weight excluding hydrogens is 254 g/mol. The summed E-state index contributed by atoms with van der Waals surface area (Å²) < 4.78 is 0. The number of carboxylic acids is 1. The third kappa shape index (κ3) is 1.94. The Morgan fingerprint density at radius 1 is 1.50 bits per heavy atom. The lowest BCUT2D eigenvalue weighted by Crippen LogP contribution is -2.62. The van der Waals surface area contributed by atoms with Gasteiger partial charge in [0.1, 0.15) is 5.54 Å². The Balaban J connectivity index is 2.32. The fraction of sp³-hybridized carbons (Fsp3) is 0.545. The lowest BCUT2D eigenvalue weighted by atomic mass is 9.99. The van der Waals surface area contributed by atoms with Gasteiger partial charge >= 0.3 is 5.97 Å². The molecule has 0 aliphatic carbocycles. The van der Waals surface area contributed by atoms with Crippen LogP contribution >= 0.6 is 11.3 Å². The number of hydrogen-bond acceptors (Lipinski definition) is 5. The largest absolute Gasteiger partial charge is 0.476 e. The third-order valence-electron chi connectivity index (χ3n) is 3.15. The van der Waals surface area contributed by atoms with E-state index in [0.29, 0.717) is 18.2 Å². The van der Waals surface area contributed by atoms with Crippen molar-refractivity contribution in [3.8, 4) is 0 Å². The van der Waals surface area contributed by atoms with Crippen LogP contribution in [-0.2, 0) is 4.79 Å². The minimum absolute atomic E-state index is 0.0147. The van der Waals surface area contributed by atoms with E-state index in [9.17, 15) is 9.59 Å². The van der Waals surface area contributed by atoms with Crippen LogP contribution in [0.3, 0.4) is 0 Å². The maximum Gasteiger partial charge on any atom is 0.355 e. The Morgan fingerprint density at radius 2 is 2.17 bits per heavy atom. The fourth-order valence-electron chi connectivity index (χ4n) is 2.03. The highest BCUT2D eigenvalue weighted by Crippen LogP contribution is 2.30. The Bertz CT molecular complexity index is 497. The lowest BCUT2D eigenvalue weighted by Gasteiger charge is -2.44. The second-order valence-electron chi connectivity index (χ2n) is 4.76. The molecule has 0 unspecified atom stereocenters. The molecule has 0 radical (unpaired) electrons. The minimum atomic E-state index is -1.05. The molecule has 1 saturated heterocycles. The fourth-order valence-corrected chi connectivity index (χ4v) is 3.00. The first-order valence-corrected chi connectivity index (χ1v) is 6.44. The Labute approximate surface area is 109 Å². The average Bonchev–Trinajstić information content (AvgIpc) is 2.75. The quantitative estimate of drug-likeness (QED) is 0.863. The van der Waals surface area contributed by atoms with Crippen molar-refractivity contribution < 1.29 is 14.7 Å². The summed E-state index contributed by atoms with van der Waals surface area (Å²) in [5.41, 5.74) is -0.669. The van der Waals surface area contributed by atoms with Crippen molar-refractivity contribution in [1.29, 1.82) is 0 Å². The van der Waals surface area contributed by atoms with Crippen molar-refractivity contribution in [1.82, 2.24) is 9.88 Å². The van der Waals surface area contributed by atoms with E-state index < -0.39 is 11.5 Å². The molecule has 2 heterocycles. The van der Waals surface area contributed by atoms with Crippen LogP contribution in [0, 0.1) is 0 Å². The summed E-state index contributed by atoms with van der Waals surface area (Å²) >= 11 is 1.25. The summed E-state index contributed by atoms with van der Waals surface area (Å²) in [6.45, 7) is 4.92. The molecule has 0 aromatic carbocycles. The number of anilines is 1. The maximum atomic E-state index is 12.1. The van der Waals surface area contributed by atoms with Gasteiger partial charge in [0.05, 0.1) is 0 Å². The molecule has 1 aromatic heterocycles. The first kappa shape index (κ1) is 12.8. The Kier molecular flexibility index (Phi) is 3.02. The van der Waals surface area contributed by atoms with E-state index in [4.69, 9.17) is 5.11 Å². The van der Waals surface area contributed by atoms with E-state index >= 15 is 0 Å². The van der Waals surface area contributed by atoms with Gasteiger partial charge in [0.15, 0.2) is 10.8 Å². The summed E-state index contributed by atoms with van der Waals surface area (Å²) in [5.74, 6) is -1.03. The molecule has 1 aliphatic rings. The third-order valence-corrected chi connectivity index (χ3v) is 4.01. The number of carboxylic acid groups (broad SMARTS) is 1. The number of hydrogen-bond donors (Lipinski definition) is 1. The van der Waals surface area contributed by atoms with Crippen LogP contribution in [0.2, 0.25) is 0 Å². The molecule has 0 bridgehead atoms. The molecule has 0 spiro atoms. The molecule has 7 heteroatoms. The van der Waals surface area contributed by atoms with Gasteiger partial charge in [-0.2, -0.15) is 0 Å². The first-order chi connectivity index (χ1) is 8.34. The molecule has 2 rings (SSSR count). The molecule has 1 N–H and O–H groups in total. The van der Waals surface area contributed by atoms with Crippen molar-refractivity contribution in [2.45, 2.75) is 19.4 Å². The molecule has 1 aliphatic heterocycles. The molecular formula is C11H15N3O3S. The lowest BCUT2D eigenvalue weighted by molar-refractivity contribution is -0.136. The van der Waals surface area contributed by atoms with Crippen molar-refractivity contribution in [2.75, 3.05) is 25.0 Å². The maximum absolute atomic E-state index is 12.1. The summed E-state index contributed by atoms with van der Waals surface area (Å²) in [5, 5.41) is 10.9. The number of amides is 1. The van der Waals surface area contributed by atoms with Gasteiger partial charge in [0.25, 0.3) is 0 Å². The number of carbonyl (C=O) groups is 2. The normalized spacial score (nSPS) is 19.2. The Morgan fingerprint density at radius 3 is 2.72 bits per heavy atom. The highest BCUT2D eigenvalue weighted by molar-refractivity contribution is 7.14. The van der Waals surface area contributed by atoms with E-state index in [1.165, 1.54) is 16.7 Å². The van der Waals surface area contributed by atoms with Gasteiger partial charge in [-0.15, -0.1) is 11.3 Å². The number of carbonyl (C=O) groups excluding carboxylic acids is 1. The van der Waals surface area contributed by atoms with Crippen LogP contribution in [0.4, 0.5) is 5.13 Å². The summed E-state index contributed by atoms with van der Waals surface area (Å²) in [4.78, 5) is 30.6. The molecule has 18 heavy (non-hydrogen) atoms. The van der Waals surface area contributed by atoms with Gasteiger partial charge in [-0.25, -0.2) is 9.78 Å². The second kappa shape index (κ2) is 4.24. The predicted molar refractivity (Wildman–Crippen MR) is 68.1 cm³/mol. The number of aromatic carboxylic acids is 1. The van der Waals surface area contributed by atoms with Gasteiger partial charge in [-0.1, -0.05) is 0 Å². The van der Waals surface area contributed by atoms with Gasteiger partial charge in [-0.3, -0.25) is 4.79 Å². The number of rotatable bonds is 2. The topological polar surface area (TPSA) is 73.7 Å².